The number of carbonyl (C=O) groups is 1. The van der Waals surface area contributed by atoms with E-state index in [4.69, 9.17) is 0 Å². The zero-order valence-corrected chi connectivity index (χ0v) is 11.4. The molecule has 1 amide bonds. The maximum Gasteiger partial charge on any atom is 0.263 e. The van der Waals surface area contributed by atoms with E-state index in [-0.39, 0.29) is 17.9 Å². The lowest BCUT2D eigenvalue weighted by Crippen LogP contribution is -2.48. The van der Waals surface area contributed by atoms with Crippen molar-refractivity contribution >= 4 is 17.8 Å². The highest BCUT2D eigenvalue weighted by Crippen LogP contribution is 2.41. The summed E-state index contributed by atoms with van der Waals surface area (Å²) in [7, 11) is 0. The zero-order chi connectivity index (χ0) is 14.2. The van der Waals surface area contributed by atoms with Crippen LogP contribution in [0.4, 0.5) is 5.69 Å². The minimum atomic E-state index is -0.208. The van der Waals surface area contributed by atoms with Crippen LogP contribution in [0.15, 0.2) is 59.7 Å². The monoisotopic (exact) mass is 277 g/mol. The molecule has 1 N–H and O–H groups in total. The quantitative estimate of drug-likeness (QED) is 0.915. The lowest BCUT2D eigenvalue weighted by atomic mass is 9.95. The molecule has 0 aromatic heterocycles. The van der Waals surface area contributed by atoms with E-state index in [1.165, 1.54) is 11.1 Å². The summed E-state index contributed by atoms with van der Waals surface area (Å²) in [4.78, 5) is 14.5. The molecule has 2 aliphatic heterocycles. The second-order valence-corrected chi connectivity index (χ2v) is 5.40. The molecule has 0 radical (unpaired) electrons. The van der Waals surface area contributed by atoms with Crippen molar-refractivity contribution in [1.82, 2.24) is 5.43 Å². The predicted octanol–water partition coefficient (Wildman–Crippen LogP) is 2.27. The third kappa shape index (κ3) is 1.91. The Hall–Kier alpha value is -2.62. The number of benzene rings is 2. The van der Waals surface area contributed by atoms with Crippen LogP contribution in [0, 0.1) is 0 Å². The molecule has 2 aromatic rings. The van der Waals surface area contributed by atoms with Gasteiger partial charge < -0.3 is 4.90 Å². The van der Waals surface area contributed by atoms with Crippen molar-refractivity contribution in [3.8, 4) is 0 Å². The zero-order valence-electron chi connectivity index (χ0n) is 11.4. The molecule has 0 saturated heterocycles. The molecule has 0 saturated carbocycles. The van der Waals surface area contributed by atoms with Gasteiger partial charge in [-0.3, -0.25) is 4.79 Å². The molecule has 4 rings (SSSR count). The number of carbonyl (C=O) groups excluding carboxylic acids is 1. The number of fused-ring (bicyclic) bond motifs is 3. The minimum absolute atomic E-state index is 0.0327. The summed E-state index contributed by atoms with van der Waals surface area (Å²) in [6, 6.07) is 18.2. The summed E-state index contributed by atoms with van der Waals surface area (Å²) in [6.45, 7) is 0.722. The smallest absolute Gasteiger partial charge is 0.263 e. The van der Waals surface area contributed by atoms with E-state index in [1.807, 2.05) is 36.5 Å². The van der Waals surface area contributed by atoms with Crippen molar-refractivity contribution in [3.63, 3.8) is 0 Å². The molecule has 2 aromatic carbocycles. The van der Waals surface area contributed by atoms with Gasteiger partial charge in [-0.25, -0.2) is 5.43 Å². The highest BCUT2D eigenvalue weighted by molar-refractivity contribution is 5.97. The van der Waals surface area contributed by atoms with Gasteiger partial charge in [0.05, 0.1) is 5.92 Å². The SMILES string of the molecule is O=C1NN=CC2c3ccccc3N(Cc3ccccc3)C12. The van der Waals surface area contributed by atoms with Gasteiger partial charge >= 0.3 is 0 Å². The molecule has 4 nitrogen and oxygen atoms in total. The highest BCUT2D eigenvalue weighted by atomic mass is 16.2. The number of para-hydroxylation sites is 1. The number of anilines is 1. The molecule has 21 heavy (non-hydrogen) atoms. The number of nitrogens with one attached hydrogen (secondary N) is 1. The molecule has 2 atom stereocenters. The first-order valence-corrected chi connectivity index (χ1v) is 7.07. The Morgan fingerprint density at radius 3 is 2.67 bits per heavy atom. The van der Waals surface area contributed by atoms with Gasteiger partial charge in [0.2, 0.25) is 0 Å². The van der Waals surface area contributed by atoms with Crippen LogP contribution in [0.1, 0.15) is 17.0 Å². The second-order valence-electron chi connectivity index (χ2n) is 5.40. The largest absolute Gasteiger partial charge is 0.354 e. The fraction of sp³-hybridized carbons (Fsp3) is 0.176. The fourth-order valence-electron chi connectivity index (χ4n) is 3.22. The first-order chi connectivity index (χ1) is 10.3. The van der Waals surface area contributed by atoms with Crippen molar-refractivity contribution in [2.75, 3.05) is 4.90 Å². The average Bonchev–Trinajstić information content (AvgIpc) is 2.84. The van der Waals surface area contributed by atoms with Crippen molar-refractivity contribution < 1.29 is 4.79 Å². The summed E-state index contributed by atoms with van der Waals surface area (Å²) in [5.41, 5.74) is 6.09. The van der Waals surface area contributed by atoms with Gasteiger partial charge in [-0.15, -0.1) is 0 Å². The minimum Gasteiger partial charge on any atom is -0.354 e. The van der Waals surface area contributed by atoms with E-state index in [1.54, 1.807) is 0 Å². The molecule has 104 valence electrons. The Kier molecular flexibility index (Phi) is 2.74. The van der Waals surface area contributed by atoms with Crippen molar-refractivity contribution in [2.45, 2.75) is 18.5 Å². The number of hydrogen-bond donors (Lipinski definition) is 1. The number of hydrazone groups is 1. The van der Waals surface area contributed by atoms with Crippen LogP contribution in [-0.4, -0.2) is 18.2 Å². The maximum atomic E-state index is 12.3. The van der Waals surface area contributed by atoms with Gasteiger partial charge in [-0.2, -0.15) is 5.10 Å². The van der Waals surface area contributed by atoms with E-state index in [0.29, 0.717) is 0 Å². The van der Waals surface area contributed by atoms with E-state index < -0.39 is 0 Å². The Bertz CT molecular complexity index is 711. The normalized spacial score (nSPS) is 22.7. The van der Waals surface area contributed by atoms with E-state index in [2.05, 4.69) is 39.7 Å². The molecule has 0 bridgehead atoms. The first-order valence-electron chi connectivity index (χ1n) is 7.07. The molecule has 2 unspecified atom stereocenters. The molecule has 2 heterocycles. The number of hydrogen-bond acceptors (Lipinski definition) is 3. The first kappa shape index (κ1) is 12.1. The van der Waals surface area contributed by atoms with Crippen molar-refractivity contribution in [1.29, 1.82) is 0 Å². The standard InChI is InChI=1S/C17H15N3O/c21-17-16-14(10-18-19-17)13-8-4-5-9-15(13)20(16)11-12-6-2-1-3-7-12/h1-10,14,16H,11H2,(H,19,21). The number of rotatable bonds is 2. The lowest BCUT2D eigenvalue weighted by molar-refractivity contribution is -0.122. The van der Waals surface area contributed by atoms with Crippen molar-refractivity contribution in [3.05, 3.63) is 65.7 Å². The van der Waals surface area contributed by atoms with Gasteiger partial charge in [-0.1, -0.05) is 48.5 Å². The Morgan fingerprint density at radius 2 is 1.81 bits per heavy atom. The summed E-state index contributed by atoms with van der Waals surface area (Å²) in [5, 5.41) is 3.99. The van der Waals surface area contributed by atoms with Crippen LogP contribution in [0.25, 0.3) is 0 Å². The second kappa shape index (κ2) is 4.74. The summed E-state index contributed by atoms with van der Waals surface area (Å²) in [5.74, 6) is 0.00768. The Labute approximate surface area is 123 Å². The van der Waals surface area contributed by atoms with Crippen LogP contribution in [0.2, 0.25) is 0 Å². The fourth-order valence-corrected chi connectivity index (χ4v) is 3.22. The lowest BCUT2D eigenvalue weighted by Gasteiger charge is -2.29. The summed E-state index contributed by atoms with van der Waals surface area (Å²) in [6.07, 6.45) is 1.84. The van der Waals surface area contributed by atoms with Gasteiger partial charge in [0.25, 0.3) is 5.91 Å². The molecule has 2 aliphatic rings. The molecule has 0 spiro atoms. The van der Waals surface area contributed by atoms with E-state index in [9.17, 15) is 4.79 Å². The van der Waals surface area contributed by atoms with E-state index in [0.717, 1.165) is 12.2 Å². The van der Waals surface area contributed by atoms with Gasteiger partial charge in [0, 0.05) is 18.4 Å². The van der Waals surface area contributed by atoms with Crippen LogP contribution in [0.5, 0.6) is 0 Å². The maximum absolute atomic E-state index is 12.3. The van der Waals surface area contributed by atoms with Crippen LogP contribution in [0.3, 0.4) is 0 Å². The third-order valence-electron chi connectivity index (χ3n) is 4.16. The topological polar surface area (TPSA) is 44.7 Å². The van der Waals surface area contributed by atoms with Gasteiger partial charge in [0.1, 0.15) is 6.04 Å². The number of nitrogens with zero attached hydrogens (tertiary/aromatic N) is 2. The van der Waals surface area contributed by atoms with Crippen molar-refractivity contribution in [2.24, 2.45) is 5.10 Å². The molecule has 0 aliphatic carbocycles. The summed E-state index contributed by atoms with van der Waals surface area (Å²) < 4.78 is 0. The Morgan fingerprint density at radius 1 is 1.05 bits per heavy atom. The third-order valence-corrected chi connectivity index (χ3v) is 4.16. The van der Waals surface area contributed by atoms with Crippen LogP contribution < -0.4 is 10.3 Å². The predicted molar refractivity (Wildman–Crippen MR) is 82.2 cm³/mol. The van der Waals surface area contributed by atoms with Gasteiger partial charge in [0.15, 0.2) is 0 Å². The van der Waals surface area contributed by atoms with Crippen LogP contribution >= 0.6 is 0 Å². The number of amides is 1. The molecular weight excluding hydrogens is 262 g/mol. The van der Waals surface area contributed by atoms with Gasteiger partial charge in [-0.05, 0) is 17.2 Å². The molecule has 0 fully saturated rings. The summed E-state index contributed by atoms with van der Waals surface area (Å²) >= 11 is 0. The molecule has 4 heteroatoms. The highest BCUT2D eigenvalue weighted by Gasteiger charge is 2.43. The van der Waals surface area contributed by atoms with E-state index >= 15 is 0 Å². The average molecular weight is 277 g/mol. The van der Waals surface area contributed by atoms with Crippen LogP contribution in [-0.2, 0) is 11.3 Å². The molecular formula is C17H15N3O. The Balaban J connectivity index is 1.78.